The molecule has 1 N–H and O–H groups in total. The van der Waals surface area contributed by atoms with Gasteiger partial charge in [-0.05, 0) is 67.4 Å². The first-order valence-electron chi connectivity index (χ1n) is 11.4. The molecule has 1 aromatic carbocycles. The fourth-order valence-electron chi connectivity index (χ4n) is 5.78. The molecule has 5 heteroatoms. The number of rotatable bonds is 4. The molecule has 2 amide bonds. The van der Waals surface area contributed by atoms with E-state index in [9.17, 15) is 9.59 Å². The van der Waals surface area contributed by atoms with E-state index in [1.807, 2.05) is 0 Å². The summed E-state index contributed by atoms with van der Waals surface area (Å²) in [4.78, 5) is 27.5. The quantitative estimate of drug-likeness (QED) is 0.851. The molecule has 1 aromatic rings. The lowest BCUT2D eigenvalue weighted by Crippen LogP contribution is -2.47. The summed E-state index contributed by atoms with van der Waals surface area (Å²) in [6, 6.07) is 9.15. The first-order chi connectivity index (χ1) is 14.1. The molecule has 29 heavy (non-hydrogen) atoms. The maximum atomic E-state index is 12.9. The van der Waals surface area contributed by atoms with Gasteiger partial charge in [-0.25, -0.2) is 0 Å². The van der Waals surface area contributed by atoms with Crippen molar-refractivity contribution < 1.29 is 14.3 Å². The maximum Gasteiger partial charge on any atom is 0.225 e. The molecule has 0 radical (unpaired) electrons. The molecule has 1 saturated carbocycles. The van der Waals surface area contributed by atoms with Crippen molar-refractivity contribution in [3.63, 3.8) is 0 Å². The van der Waals surface area contributed by atoms with Crippen molar-refractivity contribution in [3.8, 4) is 0 Å². The summed E-state index contributed by atoms with van der Waals surface area (Å²) in [5, 5.41) is 3.16. The number of ether oxygens (including phenoxy) is 1. The van der Waals surface area contributed by atoms with Crippen molar-refractivity contribution in [1.29, 1.82) is 0 Å². The third kappa shape index (κ3) is 3.81. The second-order valence-electron chi connectivity index (χ2n) is 9.53. The zero-order valence-electron chi connectivity index (χ0n) is 17.2. The van der Waals surface area contributed by atoms with Crippen molar-refractivity contribution in [2.24, 2.45) is 5.92 Å². The topological polar surface area (TPSA) is 58.6 Å². The van der Waals surface area contributed by atoms with Crippen LogP contribution in [-0.2, 0) is 19.7 Å². The van der Waals surface area contributed by atoms with Gasteiger partial charge in [0.1, 0.15) is 0 Å². The summed E-state index contributed by atoms with van der Waals surface area (Å²) in [5.41, 5.74) is 2.93. The van der Waals surface area contributed by atoms with E-state index >= 15 is 0 Å². The molecule has 1 unspecified atom stereocenters. The van der Waals surface area contributed by atoms with Gasteiger partial charge in [-0.2, -0.15) is 0 Å². The summed E-state index contributed by atoms with van der Waals surface area (Å²) in [6.45, 7) is 3.11. The van der Waals surface area contributed by atoms with E-state index in [-0.39, 0.29) is 17.2 Å². The predicted molar refractivity (Wildman–Crippen MR) is 111 cm³/mol. The number of nitrogens with zero attached hydrogens (tertiary/aromatic N) is 1. The lowest BCUT2D eigenvalue weighted by molar-refractivity contribution is -0.140. The highest BCUT2D eigenvalue weighted by atomic mass is 16.5. The number of piperidine rings is 1. The Morgan fingerprint density at radius 3 is 2.52 bits per heavy atom. The molecule has 1 spiro atoms. The average Bonchev–Trinajstić information content (AvgIpc) is 3.53. The van der Waals surface area contributed by atoms with E-state index < -0.39 is 0 Å². The number of amides is 2. The van der Waals surface area contributed by atoms with Crippen LogP contribution in [-0.4, -0.2) is 49.1 Å². The van der Waals surface area contributed by atoms with Crippen molar-refractivity contribution >= 4 is 11.8 Å². The monoisotopic (exact) mass is 396 g/mol. The molecule has 3 fully saturated rings. The normalized spacial score (nSPS) is 26.3. The van der Waals surface area contributed by atoms with Crippen LogP contribution in [0.15, 0.2) is 24.3 Å². The molecule has 1 atom stereocenters. The maximum absolute atomic E-state index is 12.9. The van der Waals surface area contributed by atoms with E-state index in [0.717, 1.165) is 58.0 Å². The molecule has 4 aliphatic rings. The lowest BCUT2D eigenvalue weighted by atomic mass is 9.73. The highest BCUT2D eigenvalue weighted by Crippen LogP contribution is 2.52. The summed E-state index contributed by atoms with van der Waals surface area (Å²) in [6.07, 6.45) is 7.66. The van der Waals surface area contributed by atoms with E-state index in [4.69, 9.17) is 4.74 Å². The zero-order valence-corrected chi connectivity index (χ0v) is 17.2. The molecular formula is C24H32N2O3. The fourth-order valence-corrected chi connectivity index (χ4v) is 5.78. The van der Waals surface area contributed by atoms with Gasteiger partial charge in [-0.3, -0.25) is 9.59 Å². The molecule has 2 saturated heterocycles. The van der Waals surface area contributed by atoms with Crippen LogP contribution in [0.1, 0.15) is 68.4 Å². The van der Waals surface area contributed by atoms with Crippen LogP contribution in [0.5, 0.6) is 0 Å². The van der Waals surface area contributed by atoms with E-state index in [1.54, 1.807) is 0 Å². The summed E-state index contributed by atoms with van der Waals surface area (Å²) < 4.78 is 5.42. The summed E-state index contributed by atoms with van der Waals surface area (Å²) in [7, 11) is 0. The standard InChI is InChI=1S/C24H32N2O3/c27-22(25-19-5-6-19)15-18-16-24(21-4-2-1-3-20(18)21)9-11-26(12-10-24)23(28)17-7-13-29-14-8-17/h1-4,17-19H,5-16H2,(H,25,27). The number of hydrogen-bond acceptors (Lipinski definition) is 3. The van der Waals surface area contributed by atoms with Crippen LogP contribution in [0.4, 0.5) is 0 Å². The van der Waals surface area contributed by atoms with E-state index in [1.165, 1.54) is 11.1 Å². The van der Waals surface area contributed by atoms with Crippen LogP contribution in [0, 0.1) is 5.92 Å². The highest BCUT2D eigenvalue weighted by Gasteiger charge is 2.46. The number of likely N-dealkylation sites (tertiary alicyclic amines) is 1. The molecule has 0 aromatic heterocycles. The Hall–Kier alpha value is -1.88. The Morgan fingerprint density at radius 1 is 1.07 bits per heavy atom. The number of hydrogen-bond donors (Lipinski definition) is 1. The third-order valence-corrected chi connectivity index (χ3v) is 7.59. The molecule has 156 valence electrons. The molecule has 2 aliphatic heterocycles. The average molecular weight is 397 g/mol. The van der Waals surface area contributed by atoms with Crippen molar-refractivity contribution in [1.82, 2.24) is 10.2 Å². The molecule has 5 nitrogen and oxygen atoms in total. The Bertz CT molecular complexity index is 774. The summed E-state index contributed by atoms with van der Waals surface area (Å²) >= 11 is 0. The lowest BCUT2D eigenvalue weighted by Gasteiger charge is -2.41. The van der Waals surface area contributed by atoms with Gasteiger partial charge >= 0.3 is 0 Å². The van der Waals surface area contributed by atoms with Crippen LogP contribution < -0.4 is 5.32 Å². The second kappa shape index (κ2) is 7.75. The Labute approximate surface area is 173 Å². The fraction of sp³-hybridized carbons (Fsp3) is 0.667. The summed E-state index contributed by atoms with van der Waals surface area (Å²) in [5.74, 6) is 0.988. The first-order valence-corrected chi connectivity index (χ1v) is 11.4. The van der Waals surface area contributed by atoms with Crippen molar-refractivity contribution in [3.05, 3.63) is 35.4 Å². The van der Waals surface area contributed by atoms with Crippen LogP contribution in [0.2, 0.25) is 0 Å². The van der Waals surface area contributed by atoms with Gasteiger partial charge in [0.2, 0.25) is 11.8 Å². The number of carbonyl (C=O) groups is 2. The Morgan fingerprint density at radius 2 is 1.79 bits per heavy atom. The minimum absolute atomic E-state index is 0.133. The van der Waals surface area contributed by atoms with E-state index in [0.29, 0.717) is 37.5 Å². The van der Waals surface area contributed by atoms with E-state index in [2.05, 4.69) is 34.5 Å². The largest absolute Gasteiger partial charge is 0.381 e. The zero-order chi connectivity index (χ0) is 19.8. The van der Waals surface area contributed by atoms with Crippen molar-refractivity contribution in [2.75, 3.05) is 26.3 Å². The third-order valence-electron chi connectivity index (χ3n) is 7.59. The van der Waals surface area contributed by atoms with Crippen LogP contribution in [0.25, 0.3) is 0 Å². The van der Waals surface area contributed by atoms with Gasteiger partial charge in [0.25, 0.3) is 0 Å². The number of fused-ring (bicyclic) bond motifs is 2. The number of benzene rings is 1. The minimum Gasteiger partial charge on any atom is -0.381 e. The molecule has 2 aliphatic carbocycles. The number of nitrogens with one attached hydrogen (secondary N) is 1. The second-order valence-corrected chi connectivity index (χ2v) is 9.53. The first kappa shape index (κ1) is 19.1. The SMILES string of the molecule is O=C(CC1CC2(CCN(C(=O)C3CCOCC3)CC2)c2ccccc21)NC1CC1. The smallest absolute Gasteiger partial charge is 0.225 e. The molecular weight excluding hydrogens is 364 g/mol. The Balaban J connectivity index is 1.27. The van der Waals surface area contributed by atoms with Gasteiger partial charge in [-0.1, -0.05) is 24.3 Å². The molecule has 5 rings (SSSR count). The van der Waals surface area contributed by atoms with Gasteiger partial charge in [0.05, 0.1) is 0 Å². The minimum atomic E-state index is 0.133. The molecule has 2 heterocycles. The van der Waals surface area contributed by atoms with Crippen molar-refractivity contribution in [2.45, 2.75) is 68.7 Å². The molecule has 0 bridgehead atoms. The van der Waals surface area contributed by atoms with Crippen LogP contribution >= 0.6 is 0 Å². The van der Waals surface area contributed by atoms with Gasteiger partial charge in [0.15, 0.2) is 0 Å². The Kier molecular flexibility index (Phi) is 5.10. The van der Waals surface area contributed by atoms with Gasteiger partial charge in [-0.15, -0.1) is 0 Å². The predicted octanol–water partition coefficient (Wildman–Crippen LogP) is 3.13. The number of carbonyl (C=O) groups excluding carboxylic acids is 2. The van der Waals surface area contributed by atoms with Crippen LogP contribution in [0.3, 0.4) is 0 Å². The highest BCUT2D eigenvalue weighted by molar-refractivity contribution is 5.79. The van der Waals surface area contributed by atoms with Gasteiger partial charge < -0.3 is 15.0 Å². The van der Waals surface area contributed by atoms with Gasteiger partial charge in [0, 0.05) is 44.7 Å².